The maximum absolute atomic E-state index is 13.3. The number of hydrogen-bond donors (Lipinski definition) is 0. The molecule has 0 radical (unpaired) electrons. The summed E-state index contributed by atoms with van der Waals surface area (Å²) in [6.45, 7) is 0.360. The molecule has 0 fully saturated rings. The van der Waals surface area contributed by atoms with Gasteiger partial charge in [0.2, 0.25) is 0 Å². The van der Waals surface area contributed by atoms with Crippen LogP contribution in [0.5, 0.6) is 0 Å². The van der Waals surface area contributed by atoms with Gasteiger partial charge in [-0.25, -0.2) is 13.2 Å². The molecule has 0 saturated heterocycles. The summed E-state index contributed by atoms with van der Waals surface area (Å²) in [5, 5.41) is 0. The maximum atomic E-state index is 13.3. The van der Waals surface area contributed by atoms with Crippen molar-refractivity contribution in [1.29, 1.82) is 0 Å². The molecular weight excluding hydrogens is 239 g/mol. The van der Waals surface area contributed by atoms with E-state index in [4.69, 9.17) is 0 Å². The van der Waals surface area contributed by atoms with Gasteiger partial charge in [0, 0.05) is 11.8 Å². The maximum Gasteiger partial charge on any atom is 0.195 e. The van der Waals surface area contributed by atoms with Gasteiger partial charge in [-0.05, 0) is 17.7 Å². The van der Waals surface area contributed by atoms with Crippen LogP contribution in [0.1, 0.15) is 11.1 Å². The predicted molar refractivity (Wildman–Crippen MR) is 64.1 cm³/mol. The molecule has 2 rings (SSSR count). The second kappa shape index (κ2) is 5.49. The molecule has 2 aromatic carbocycles. The van der Waals surface area contributed by atoms with Crippen molar-refractivity contribution >= 4 is 6.21 Å². The molecule has 18 heavy (non-hydrogen) atoms. The lowest BCUT2D eigenvalue weighted by Gasteiger charge is -1.99. The van der Waals surface area contributed by atoms with Gasteiger partial charge in [0.15, 0.2) is 17.5 Å². The third-order valence-electron chi connectivity index (χ3n) is 2.41. The van der Waals surface area contributed by atoms with Crippen LogP contribution in [0, 0.1) is 17.5 Å². The molecule has 0 bridgehead atoms. The van der Waals surface area contributed by atoms with Gasteiger partial charge in [-0.1, -0.05) is 30.3 Å². The fraction of sp³-hybridized carbons (Fsp3) is 0.0714. The second-order valence-electron chi connectivity index (χ2n) is 3.72. The number of halogens is 3. The van der Waals surface area contributed by atoms with Crippen LogP contribution in [0.25, 0.3) is 0 Å². The third-order valence-corrected chi connectivity index (χ3v) is 2.41. The Hall–Kier alpha value is -2.10. The number of aliphatic imine (C=N–C) groups is 1. The van der Waals surface area contributed by atoms with Gasteiger partial charge in [-0.3, -0.25) is 4.99 Å². The van der Waals surface area contributed by atoms with E-state index in [1.54, 1.807) is 0 Å². The minimum Gasteiger partial charge on any atom is -0.288 e. The van der Waals surface area contributed by atoms with Crippen LogP contribution in [0.4, 0.5) is 13.2 Å². The van der Waals surface area contributed by atoms with Gasteiger partial charge >= 0.3 is 0 Å². The largest absolute Gasteiger partial charge is 0.288 e. The summed E-state index contributed by atoms with van der Waals surface area (Å²) in [7, 11) is 0. The number of rotatable bonds is 3. The number of hydrogen-bond acceptors (Lipinski definition) is 1. The Balaban J connectivity index is 2.13. The highest BCUT2D eigenvalue weighted by molar-refractivity contribution is 5.79. The second-order valence-corrected chi connectivity index (χ2v) is 3.72. The summed E-state index contributed by atoms with van der Waals surface area (Å²) >= 11 is 0. The van der Waals surface area contributed by atoms with Gasteiger partial charge < -0.3 is 0 Å². The molecule has 0 saturated carbocycles. The van der Waals surface area contributed by atoms with E-state index in [0.717, 1.165) is 17.7 Å². The Bertz CT molecular complexity index is 565. The molecule has 0 aliphatic heterocycles. The molecule has 0 atom stereocenters. The average Bonchev–Trinajstić information content (AvgIpc) is 2.40. The topological polar surface area (TPSA) is 12.4 Å². The van der Waals surface area contributed by atoms with Gasteiger partial charge in [-0.15, -0.1) is 0 Å². The van der Waals surface area contributed by atoms with Gasteiger partial charge in [0.25, 0.3) is 0 Å². The van der Waals surface area contributed by atoms with Crippen molar-refractivity contribution in [3.05, 3.63) is 71.0 Å². The van der Waals surface area contributed by atoms with E-state index in [2.05, 4.69) is 4.99 Å². The Morgan fingerprint density at radius 2 is 1.61 bits per heavy atom. The molecule has 0 heterocycles. The molecule has 0 unspecified atom stereocenters. The molecule has 0 spiro atoms. The molecule has 92 valence electrons. The van der Waals surface area contributed by atoms with E-state index < -0.39 is 17.5 Å². The molecule has 0 N–H and O–H groups in total. The molecular formula is C14H10F3N. The van der Waals surface area contributed by atoms with E-state index in [1.165, 1.54) is 6.21 Å². The highest BCUT2D eigenvalue weighted by Gasteiger charge is 2.11. The lowest BCUT2D eigenvalue weighted by molar-refractivity contribution is 0.446. The zero-order valence-electron chi connectivity index (χ0n) is 9.41. The summed E-state index contributed by atoms with van der Waals surface area (Å²) in [5.41, 5.74) is 0.890. The third kappa shape index (κ3) is 2.77. The van der Waals surface area contributed by atoms with Crippen LogP contribution in [-0.4, -0.2) is 6.21 Å². The zero-order chi connectivity index (χ0) is 13.0. The molecule has 0 aliphatic rings. The lowest BCUT2D eigenvalue weighted by atomic mass is 10.2. The molecule has 4 heteroatoms. The van der Waals surface area contributed by atoms with Crippen molar-refractivity contribution in [2.75, 3.05) is 0 Å². The minimum atomic E-state index is -1.47. The molecule has 2 aromatic rings. The van der Waals surface area contributed by atoms with Crippen molar-refractivity contribution < 1.29 is 13.2 Å². The summed E-state index contributed by atoms with van der Waals surface area (Å²) < 4.78 is 38.9. The highest BCUT2D eigenvalue weighted by Crippen LogP contribution is 2.13. The SMILES string of the molecule is Fc1ccc(C=NCc2ccccc2)c(F)c1F. The first-order valence-corrected chi connectivity index (χ1v) is 5.35. The first-order chi connectivity index (χ1) is 8.68. The van der Waals surface area contributed by atoms with Crippen LogP contribution in [-0.2, 0) is 6.54 Å². The summed E-state index contributed by atoms with van der Waals surface area (Å²) in [4.78, 5) is 3.99. The first kappa shape index (κ1) is 12.4. The van der Waals surface area contributed by atoms with Gasteiger partial charge in [0.05, 0.1) is 6.54 Å². The van der Waals surface area contributed by atoms with Crippen molar-refractivity contribution in [1.82, 2.24) is 0 Å². The van der Waals surface area contributed by atoms with Crippen LogP contribution >= 0.6 is 0 Å². The minimum absolute atomic E-state index is 0.0650. The molecule has 0 amide bonds. The lowest BCUT2D eigenvalue weighted by Crippen LogP contribution is -1.96. The van der Waals surface area contributed by atoms with Gasteiger partial charge in [-0.2, -0.15) is 0 Å². The predicted octanol–water partition coefficient (Wildman–Crippen LogP) is 3.72. The Kier molecular flexibility index (Phi) is 3.77. The molecule has 0 aromatic heterocycles. The summed E-state index contributed by atoms with van der Waals surface area (Å²) in [6.07, 6.45) is 1.20. The Morgan fingerprint density at radius 1 is 0.889 bits per heavy atom. The van der Waals surface area contributed by atoms with Crippen molar-refractivity contribution in [3.8, 4) is 0 Å². The zero-order valence-corrected chi connectivity index (χ0v) is 9.41. The molecule has 1 nitrogen and oxygen atoms in total. The fourth-order valence-corrected chi connectivity index (χ4v) is 1.47. The standard InChI is InChI=1S/C14H10F3N/c15-12-7-6-11(13(16)14(12)17)9-18-8-10-4-2-1-3-5-10/h1-7,9H,8H2. The van der Waals surface area contributed by atoms with Crippen LogP contribution in [0.15, 0.2) is 47.5 Å². The van der Waals surface area contributed by atoms with Crippen molar-refractivity contribution in [2.45, 2.75) is 6.54 Å². The Labute approximate surface area is 103 Å². The Morgan fingerprint density at radius 3 is 2.33 bits per heavy atom. The van der Waals surface area contributed by atoms with E-state index in [1.807, 2.05) is 30.3 Å². The van der Waals surface area contributed by atoms with Crippen LogP contribution < -0.4 is 0 Å². The first-order valence-electron chi connectivity index (χ1n) is 5.35. The van der Waals surface area contributed by atoms with Crippen LogP contribution in [0.2, 0.25) is 0 Å². The normalized spacial score (nSPS) is 11.1. The fourth-order valence-electron chi connectivity index (χ4n) is 1.47. The highest BCUT2D eigenvalue weighted by atomic mass is 19.2. The van der Waals surface area contributed by atoms with E-state index in [0.29, 0.717) is 6.54 Å². The number of benzene rings is 2. The molecule has 0 aliphatic carbocycles. The van der Waals surface area contributed by atoms with E-state index >= 15 is 0 Å². The quantitative estimate of drug-likeness (QED) is 0.580. The summed E-state index contributed by atoms with van der Waals surface area (Å²) in [6, 6.07) is 11.4. The van der Waals surface area contributed by atoms with Crippen molar-refractivity contribution in [3.63, 3.8) is 0 Å². The average molecular weight is 249 g/mol. The van der Waals surface area contributed by atoms with Crippen LogP contribution in [0.3, 0.4) is 0 Å². The smallest absolute Gasteiger partial charge is 0.195 e. The van der Waals surface area contributed by atoms with E-state index in [9.17, 15) is 13.2 Å². The summed E-state index contributed by atoms with van der Waals surface area (Å²) in [5.74, 6) is -3.89. The van der Waals surface area contributed by atoms with E-state index in [-0.39, 0.29) is 5.56 Å². The monoisotopic (exact) mass is 249 g/mol. The van der Waals surface area contributed by atoms with Gasteiger partial charge in [0.1, 0.15) is 0 Å². The van der Waals surface area contributed by atoms with Crippen molar-refractivity contribution in [2.24, 2.45) is 4.99 Å². The number of nitrogens with zero attached hydrogens (tertiary/aromatic N) is 1.